The molecule has 0 spiro atoms. The maximum absolute atomic E-state index is 12.4. The third-order valence-corrected chi connectivity index (χ3v) is 3.82. The van der Waals surface area contributed by atoms with E-state index in [1.54, 1.807) is 23.2 Å². The monoisotopic (exact) mass is 297 g/mol. The van der Waals surface area contributed by atoms with Crippen molar-refractivity contribution in [2.24, 2.45) is 11.8 Å². The number of nitrogens with zero attached hydrogens (tertiary/aromatic N) is 1. The molecule has 0 radical (unpaired) electrons. The number of esters is 1. The molecule has 1 amide bonds. The van der Waals surface area contributed by atoms with E-state index < -0.39 is 0 Å². The zero-order valence-electron chi connectivity index (χ0n) is 12.6. The number of methoxy groups -OCH3 is 1. The van der Waals surface area contributed by atoms with Gasteiger partial charge >= 0.3 is 5.97 Å². The van der Waals surface area contributed by atoms with E-state index in [4.69, 9.17) is 4.74 Å². The molecule has 4 nitrogen and oxygen atoms in total. The minimum Gasteiger partial charge on any atom is -0.469 e. The highest BCUT2D eigenvalue weighted by molar-refractivity contribution is 7.10. The molecule has 0 aromatic carbocycles. The summed E-state index contributed by atoms with van der Waals surface area (Å²) in [5.74, 6) is -0.141. The fourth-order valence-corrected chi connectivity index (χ4v) is 2.70. The smallest absolute Gasteiger partial charge is 0.310 e. The fraction of sp³-hybridized carbons (Fsp3) is 0.600. The van der Waals surface area contributed by atoms with E-state index in [0.29, 0.717) is 25.4 Å². The van der Waals surface area contributed by atoms with Crippen LogP contribution >= 0.6 is 11.3 Å². The van der Waals surface area contributed by atoms with Crippen molar-refractivity contribution < 1.29 is 14.3 Å². The quantitative estimate of drug-likeness (QED) is 0.727. The Labute approximate surface area is 124 Å². The lowest BCUT2D eigenvalue weighted by molar-refractivity contribution is -0.146. The first kappa shape index (κ1) is 16.7. The summed E-state index contributed by atoms with van der Waals surface area (Å²) in [5, 5.41) is 1.96. The van der Waals surface area contributed by atoms with Crippen LogP contribution in [-0.4, -0.2) is 37.0 Å². The Morgan fingerprint density at radius 1 is 1.30 bits per heavy atom. The van der Waals surface area contributed by atoms with Gasteiger partial charge < -0.3 is 9.64 Å². The van der Waals surface area contributed by atoms with Gasteiger partial charge in [-0.05, 0) is 17.4 Å². The van der Waals surface area contributed by atoms with Crippen molar-refractivity contribution >= 4 is 23.2 Å². The summed E-state index contributed by atoms with van der Waals surface area (Å²) in [4.78, 5) is 26.7. The lowest BCUT2D eigenvalue weighted by Gasteiger charge is -2.26. The van der Waals surface area contributed by atoms with Crippen LogP contribution in [0.1, 0.15) is 25.6 Å². The van der Waals surface area contributed by atoms with Crippen molar-refractivity contribution in [1.29, 1.82) is 0 Å². The van der Waals surface area contributed by atoms with Crippen LogP contribution in [0.2, 0.25) is 0 Å². The van der Waals surface area contributed by atoms with Crippen molar-refractivity contribution in [3.63, 3.8) is 0 Å². The van der Waals surface area contributed by atoms with Crippen LogP contribution in [0, 0.1) is 11.8 Å². The number of hydrogen-bond donors (Lipinski definition) is 0. The molecule has 0 fully saturated rings. The molecule has 0 saturated carbocycles. The van der Waals surface area contributed by atoms with Crippen LogP contribution in [-0.2, 0) is 20.7 Å². The average molecular weight is 297 g/mol. The molecule has 1 rings (SSSR count). The molecule has 112 valence electrons. The highest BCUT2D eigenvalue weighted by Gasteiger charge is 2.22. The molecular weight excluding hydrogens is 274 g/mol. The van der Waals surface area contributed by atoms with E-state index >= 15 is 0 Å². The summed E-state index contributed by atoms with van der Waals surface area (Å²) in [5.41, 5.74) is 0. The van der Waals surface area contributed by atoms with Gasteiger partial charge in [-0.2, -0.15) is 0 Å². The van der Waals surface area contributed by atoms with E-state index in [9.17, 15) is 9.59 Å². The third kappa shape index (κ3) is 5.33. The first-order valence-electron chi connectivity index (χ1n) is 6.82. The van der Waals surface area contributed by atoms with Crippen LogP contribution in [0.25, 0.3) is 0 Å². The van der Waals surface area contributed by atoms with E-state index in [1.165, 1.54) is 7.11 Å². The molecule has 1 aromatic heterocycles. The number of carbonyl (C=O) groups is 2. The number of amides is 1. The van der Waals surface area contributed by atoms with E-state index in [-0.39, 0.29) is 17.8 Å². The van der Waals surface area contributed by atoms with Crippen LogP contribution in [0.3, 0.4) is 0 Å². The van der Waals surface area contributed by atoms with E-state index in [2.05, 4.69) is 13.8 Å². The van der Waals surface area contributed by atoms with E-state index in [0.717, 1.165) is 4.88 Å². The summed E-state index contributed by atoms with van der Waals surface area (Å²) >= 11 is 1.58. The maximum Gasteiger partial charge on any atom is 0.310 e. The zero-order chi connectivity index (χ0) is 15.1. The van der Waals surface area contributed by atoms with Gasteiger partial charge in [-0.3, -0.25) is 9.59 Å². The first-order valence-corrected chi connectivity index (χ1v) is 7.70. The van der Waals surface area contributed by atoms with Gasteiger partial charge in [-0.1, -0.05) is 26.8 Å². The number of hydrogen-bond acceptors (Lipinski definition) is 4. The fourth-order valence-electron chi connectivity index (χ4n) is 2.00. The Morgan fingerprint density at radius 3 is 2.50 bits per heavy atom. The standard InChI is InChI=1S/C15H23NO3S/c1-11(2)9-16(10-12(3)15(18)19-4)14(17)8-13-6-5-7-20-13/h5-7,11-12H,8-10H2,1-4H3. The van der Waals surface area contributed by atoms with Crippen LogP contribution < -0.4 is 0 Å². The molecule has 1 aromatic rings. The van der Waals surface area contributed by atoms with Crippen LogP contribution in [0.5, 0.6) is 0 Å². The Morgan fingerprint density at radius 2 is 2.00 bits per heavy atom. The van der Waals surface area contributed by atoms with Crippen LogP contribution in [0.15, 0.2) is 17.5 Å². The summed E-state index contributed by atoms with van der Waals surface area (Å²) in [6.45, 7) is 6.99. The van der Waals surface area contributed by atoms with E-state index in [1.807, 2.05) is 17.5 Å². The molecule has 0 saturated heterocycles. The van der Waals surface area contributed by atoms with Crippen molar-refractivity contribution in [1.82, 2.24) is 4.90 Å². The Hall–Kier alpha value is -1.36. The van der Waals surface area contributed by atoms with Gasteiger partial charge in [-0.25, -0.2) is 0 Å². The second-order valence-electron chi connectivity index (χ2n) is 5.37. The SMILES string of the molecule is COC(=O)C(C)CN(CC(C)C)C(=O)Cc1cccs1. The van der Waals surface area contributed by atoms with Gasteiger partial charge in [0.15, 0.2) is 0 Å². The lowest BCUT2D eigenvalue weighted by atomic mass is 10.1. The van der Waals surface area contributed by atoms with Crippen LogP contribution in [0.4, 0.5) is 0 Å². The van der Waals surface area contributed by atoms with Gasteiger partial charge in [0.25, 0.3) is 0 Å². The van der Waals surface area contributed by atoms with Gasteiger partial charge in [0, 0.05) is 18.0 Å². The molecule has 0 N–H and O–H groups in total. The molecule has 0 bridgehead atoms. The number of carbonyl (C=O) groups excluding carboxylic acids is 2. The van der Waals surface area contributed by atoms with Gasteiger partial charge in [-0.15, -0.1) is 11.3 Å². The summed E-state index contributed by atoms with van der Waals surface area (Å²) in [6.07, 6.45) is 0.401. The van der Waals surface area contributed by atoms with Gasteiger partial charge in [0.05, 0.1) is 19.4 Å². The highest BCUT2D eigenvalue weighted by Crippen LogP contribution is 2.13. The largest absolute Gasteiger partial charge is 0.469 e. The Bertz CT molecular complexity index is 428. The molecule has 0 aliphatic carbocycles. The normalized spacial score (nSPS) is 12.2. The minimum absolute atomic E-state index is 0.0666. The van der Waals surface area contributed by atoms with Crippen molar-refractivity contribution in [2.45, 2.75) is 27.2 Å². The average Bonchev–Trinajstić information content (AvgIpc) is 2.89. The molecule has 1 heterocycles. The molecule has 20 heavy (non-hydrogen) atoms. The highest BCUT2D eigenvalue weighted by atomic mass is 32.1. The van der Waals surface area contributed by atoms with Crippen molar-refractivity contribution in [3.05, 3.63) is 22.4 Å². The summed E-state index contributed by atoms with van der Waals surface area (Å²) in [6, 6.07) is 3.90. The van der Waals surface area contributed by atoms with Crippen molar-refractivity contribution in [3.8, 4) is 0 Å². The second kappa shape index (κ2) is 8.04. The Kier molecular flexibility index (Phi) is 6.71. The maximum atomic E-state index is 12.4. The predicted octanol–water partition coefficient (Wildman–Crippen LogP) is 2.58. The molecule has 0 aliphatic rings. The summed E-state index contributed by atoms with van der Waals surface area (Å²) in [7, 11) is 1.37. The topological polar surface area (TPSA) is 46.6 Å². The first-order chi connectivity index (χ1) is 9.43. The second-order valence-corrected chi connectivity index (χ2v) is 6.41. The predicted molar refractivity (Wildman–Crippen MR) is 80.6 cm³/mol. The van der Waals surface area contributed by atoms with Gasteiger partial charge in [0.1, 0.15) is 0 Å². The minimum atomic E-state index is -0.300. The number of rotatable bonds is 7. The number of ether oxygens (including phenoxy) is 1. The lowest BCUT2D eigenvalue weighted by Crippen LogP contribution is -2.40. The van der Waals surface area contributed by atoms with Crippen molar-refractivity contribution in [2.75, 3.05) is 20.2 Å². The van der Waals surface area contributed by atoms with Gasteiger partial charge in [0.2, 0.25) is 5.91 Å². The molecule has 1 atom stereocenters. The molecule has 5 heteroatoms. The molecular formula is C15H23NO3S. The third-order valence-electron chi connectivity index (χ3n) is 2.94. The molecule has 1 unspecified atom stereocenters. The zero-order valence-corrected chi connectivity index (χ0v) is 13.4. The molecule has 0 aliphatic heterocycles. The number of thiophene rings is 1. The Balaban J connectivity index is 2.67. The summed E-state index contributed by atoms with van der Waals surface area (Å²) < 4.78 is 4.73.